The fourth-order valence-electron chi connectivity index (χ4n) is 1.96. The molecule has 1 aromatic rings. The zero-order chi connectivity index (χ0) is 10.9. The number of rotatable bonds is 1. The molecule has 0 aromatic carbocycles. The van der Waals surface area contributed by atoms with E-state index in [1.54, 1.807) is 18.5 Å². The second kappa shape index (κ2) is 4.02. The summed E-state index contributed by atoms with van der Waals surface area (Å²) in [5.74, 6) is 0.241. The zero-order valence-corrected chi connectivity index (χ0v) is 9.83. The Labute approximate surface area is 96.7 Å². The molecule has 1 aliphatic rings. The van der Waals surface area contributed by atoms with Crippen LogP contribution in [0.3, 0.4) is 0 Å². The first-order chi connectivity index (χ1) is 7.12. The number of hydrogen-bond donors (Lipinski definition) is 1. The van der Waals surface area contributed by atoms with Gasteiger partial charge < -0.3 is 5.11 Å². The van der Waals surface area contributed by atoms with Crippen molar-refractivity contribution in [1.29, 1.82) is 0 Å². The Morgan fingerprint density at radius 2 is 2.07 bits per heavy atom. The van der Waals surface area contributed by atoms with Crippen LogP contribution in [0.15, 0.2) is 22.9 Å². The molecule has 1 aromatic heterocycles. The average molecular weight is 270 g/mol. The highest BCUT2D eigenvalue weighted by Crippen LogP contribution is 2.38. The van der Waals surface area contributed by atoms with Crippen LogP contribution in [0.25, 0.3) is 0 Å². The van der Waals surface area contributed by atoms with Crippen LogP contribution in [0.2, 0.25) is 0 Å². The molecular formula is C11H12BrNO2. The van der Waals surface area contributed by atoms with Crippen molar-refractivity contribution in [1.82, 2.24) is 4.98 Å². The number of hydrogen-bond acceptors (Lipinski definition) is 3. The highest BCUT2D eigenvalue weighted by atomic mass is 79.9. The molecule has 0 amide bonds. The van der Waals surface area contributed by atoms with Gasteiger partial charge in [-0.25, -0.2) is 0 Å². The first-order valence-electron chi connectivity index (χ1n) is 4.96. The van der Waals surface area contributed by atoms with Gasteiger partial charge in [0.15, 0.2) is 0 Å². The lowest BCUT2D eigenvalue weighted by molar-refractivity contribution is -0.125. The maximum Gasteiger partial charge on any atom is 0.133 e. The van der Waals surface area contributed by atoms with E-state index < -0.39 is 5.60 Å². The number of Topliss-reactive ketones (excluding diaryl/α,β-unsaturated/α-hetero) is 1. The molecule has 0 bridgehead atoms. The van der Waals surface area contributed by atoms with Crippen LogP contribution < -0.4 is 0 Å². The number of aromatic nitrogens is 1. The van der Waals surface area contributed by atoms with E-state index in [4.69, 9.17) is 0 Å². The number of pyridine rings is 1. The van der Waals surface area contributed by atoms with E-state index in [1.165, 1.54) is 0 Å². The topological polar surface area (TPSA) is 50.2 Å². The molecule has 3 nitrogen and oxygen atoms in total. The predicted octanol–water partition coefficient (Wildman–Crippen LogP) is 2.17. The highest BCUT2D eigenvalue weighted by Gasteiger charge is 2.35. The van der Waals surface area contributed by atoms with Crippen molar-refractivity contribution in [3.8, 4) is 0 Å². The first-order valence-corrected chi connectivity index (χ1v) is 5.75. The molecular weight excluding hydrogens is 258 g/mol. The van der Waals surface area contributed by atoms with Gasteiger partial charge in [-0.2, -0.15) is 0 Å². The van der Waals surface area contributed by atoms with Gasteiger partial charge in [0.1, 0.15) is 5.78 Å². The molecule has 0 aliphatic heterocycles. The zero-order valence-electron chi connectivity index (χ0n) is 8.24. The van der Waals surface area contributed by atoms with Gasteiger partial charge in [-0.1, -0.05) is 0 Å². The molecule has 2 rings (SSSR count). The van der Waals surface area contributed by atoms with Crippen molar-refractivity contribution in [3.63, 3.8) is 0 Å². The van der Waals surface area contributed by atoms with Gasteiger partial charge in [0, 0.05) is 35.3 Å². The molecule has 0 spiro atoms. The lowest BCUT2D eigenvalue weighted by atomic mass is 9.79. The summed E-state index contributed by atoms with van der Waals surface area (Å²) in [5, 5.41) is 10.4. The lowest BCUT2D eigenvalue weighted by Crippen LogP contribution is -2.31. The minimum absolute atomic E-state index is 0.241. The number of carbonyl (C=O) groups is 1. The van der Waals surface area contributed by atoms with E-state index in [1.807, 2.05) is 0 Å². The summed E-state index contributed by atoms with van der Waals surface area (Å²) in [6.45, 7) is 0. The maximum atomic E-state index is 11.1. The minimum Gasteiger partial charge on any atom is -0.385 e. The van der Waals surface area contributed by atoms with Crippen LogP contribution in [0.4, 0.5) is 0 Å². The van der Waals surface area contributed by atoms with Gasteiger partial charge in [0.05, 0.1) is 5.60 Å². The average Bonchev–Trinajstić information content (AvgIpc) is 2.23. The molecule has 1 saturated carbocycles. The molecule has 1 heterocycles. The van der Waals surface area contributed by atoms with Crippen LogP contribution in [0, 0.1) is 0 Å². The van der Waals surface area contributed by atoms with Crippen LogP contribution in [0.1, 0.15) is 31.2 Å². The van der Waals surface area contributed by atoms with Gasteiger partial charge in [-0.15, -0.1) is 0 Å². The van der Waals surface area contributed by atoms with Crippen molar-refractivity contribution < 1.29 is 9.90 Å². The van der Waals surface area contributed by atoms with Gasteiger partial charge in [-0.3, -0.25) is 9.78 Å². The molecule has 1 aliphatic carbocycles. The Hall–Kier alpha value is -0.740. The van der Waals surface area contributed by atoms with E-state index in [-0.39, 0.29) is 5.78 Å². The first kappa shape index (κ1) is 10.8. The third-order valence-corrected chi connectivity index (χ3v) is 3.54. The second-order valence-corrected chi connectivity index (χ2v) is 4.78. The van der Waals surface area contributed by atoms with Gasteiger partial charge in [-0.05, 0) is 34.8 Å². The predicted molar refractivity (Wildman–Crippen MR) is 59.3 cm³/mol. The molecule has 0 saturated heterocycles. The Kier molecular flexibility index (Phi) is 2.89. The molecule has 4 heteroatoms. The van der Waals surface area contributed by atoms with E-state index in [9.17, 15) is 9.90 Å². The quantitative estimate of drug-likeness (QED) is 0.850. The summed E-state index contributed by atoms with van der Waals surface area (Å²) in [6, 6.07) is 1.81. The summed E-state index contributed by atoms with van der Waals surface area (Å²) < 4.78 is 0.807. The van der Waals surface area contributed by atoms with E-state index in [0.29, 0.717) is 25.7 Å². The molecule has 0 atom stereocenters. The second-order valence-electron chi connectivity index (χ2n) is 3.93. The van der Waals surface area contributed by atoms with Crippen LogP contribution in [-0.4, -0.2) is 15.9 Å². The number of halogens is 1. The Morgan fingerprint density at radius 1 is 1.40 bits per heavy atom. The summed E-state index contributed by atoms with van der Waals surface area (Å²) in [6.07, 6.45) is 5.28. The Bertz CT molecular complexity index is 382. The lowest BCUT2D eigenvalue weighted by Gasteiger charge is -2.32. The number of nitrogens with zero attached hydrogens (tertiary/aromatic N) is 1. The summed E-state index contributed by atoms with van der Waals surface area (Å²) in [5.41, 5.74) is -0.0274. The third-order valence-electron chi connectivity index (χ3n) is 2.91. The summed E-state index contributed by atoms with van der Waals surface area (Å²) in [7, 11) is 0. The largest absolute Gasteiger partial charge is 0.385 e. The molecule has 0 radical (unpaired) electrons. The van der Waals surface area contributed by atoms with Crippen molar-refractivity contribution >= 4 is 21.7 Å². The smallest absolute Gasteiger partial charge is 0.133 e. The van der Waals surface area contributed by atoms with Crippen LogP contribution in [0.5, 0.6) is 0 Å². The third kappa shape index (κ3) is 2.11. The standard InChI is InChI=1S/C11H12BrNO2/c12-10-7-13-6-3-9(10)11(15)4-1-8(14)2-5-11/h3,6-7,15H,1-2,4-5H2. The fraction of sp³-hybridized carbons (Fsp3) is 0.455. The number of ketones is 1. The Balaban J connectivity index is 2.30. The normalized spacial score (nSPS) is 20.3. The molecule has 1 N–H and O–H groups in total. The molecule has 1 fully saturated rings. The monoisotopic (exact) mass is 269 g/mol. The van der Waals surface area contributed by atoms with Crippen LogP contribution >= 0.6 is 15.9 Å². The number of carbonyl (C=O) groups excluding carboxylic acids is 1. The summed E-state index contributed by atoms with van der Waals surface area (Å²) in [4.78, 5) is 15.1. The van der Waals surface area contributed by atoms with E-state index in [0.717, 1.165) is 10.0 Å². The molecule has 15 heavy (non-hydrogen) atoms. The minimum atomic E-state index is -0.865. The highest BCUT2D eigenvalue weighted by molar-refractivity contribution is 9.10. The van der Waals surface area contributed by atoms with Gasteiger partial charge in [0.2, 0.25) is 0 Å². The fourth-order valence-corrected chi connectivity index (χ4v) is 2.58. The van der Waals surface area contributed by atoms with Gasteiger partial charge >= 0.3 is 0 Å². The Morgan fingerprint density at radius 3 is 2.67 bits per heavy atom. The maximum absolute atomic E-state index is 11.1. The molecule has 0 unspecified atom stereocenters. The van der Waals surface area contributed by atoms with E-state index in [2.05, 4.69) is 20.9 Å². The summed E-state index contributed by atoms with van der Waals surface area (Å²) >= 11 is 3.37. The van der Waals surface area contributed by atoms with Gasteiger partial charge in [0.25, 0.3) is 0 Å². The van der Waals surface area contributed by atoms with E-state index >= 15 is 0 Å². The van der Waals surface area contributed by atoms with Crippen molar-refractivity contribution in [2.45, 2.75) is 31.3 Å². The SMILES string of the molecule is O=C1CCC(O)(c2ccncc2Br)CC1. The van der Waals surface area contributed by atoms with Crippen molar-refractivity contribution in [2.24, 2.45) is 0 Å². The van der Waals surface area contributed by atoms with Crippen LogP contribution in [-0.2, 0) is 10.4 Å². The number of aliphatic hydroxyl groups is 1. The van der Waals surface area contributed by atoms with Crippen molar-refractivity contribution in [3.05, 3.63) is 28.5 Å². The van der Waals surface area contributed by atoms with Crippen molar-refractivity contribution in [2.75, 3.05) is 0 Å². The molecule has 80 valence electrons.